The highest BCUT2D eigenvalue weighted by Crippen LogP contribution is 2.18. The lowest BCUT2D eigenvalue weighted by atomic mass is 10.0. The third-order valence-corrected chi connectivity index (χ3v) is 7.58. The van der Waals surface area contributed by atoms with Crippen LogP contribution >= 0.6 is 0 Å². The molecule has 0 radical (unpaired) electrons. The van der Waals surface area contributed by atoms with Gasteiger partial charge in [-0.1, -0.05) is 27.7 Å². The minimum Gasteiger partial charge on any atom is -0.347 e. The van der Waals surface area contributed by atoms with E-state index in [4.69, 9.17) is 5.73 Å². The van der Waals surface area contributed by atoms with Crippen LogP contribution in [0.4, 0.5) is 0 Å². The Bertz CT molecular complexity index is 1090. The number of likely N-dealkylation sites (tertiary alicyclic amines) is 1. The van der Waals surface area contributed by atoms with Crippen LogP contribution < -0.4 is 37.6 Å². The molecule has 1 heterocycles. The molecule has 1 saturated heterocycles. The first-order valence-electron chi connectivity index (χ1n) is 16.3. The molecule has 0 aliphatic carbocycles. The molecule has 1 aliphatic rings. The van der Waals surface area contributed by atoms with E-state index in [-0.39, 0.29) is 18.3 Å². The maximum atomic E-state index is 13.1. The minimum atomic E-state index is -1.06. The Labute approximate surface area is 276 Å². The topological polar surface area (TPSA) is 238 Å². The largest absolute Gasteiger partial charge is 0.347 e. The second-order valence-electron chi connectivity index (χ2n) is 12.7. The van der Waals surface area contributed by atoms with Crippen molar-refractivity contribution in [3.05, 3.63) is 0 Å². The molecule has 0 aromatic heterocycles. The first-order valence-corrected chi connectivity index (χ1v) is 16.3. The van der Waals surface area contributed by atoms with Gasteiger partial charge in [0.2, 0.25) is 41.9 Å². The maximum Gasteiger partial charge on any atom is 0.243 e. The summed E-state index contributed by atoms with van der Waals surface area (Å²) in [5.41, 5.74) is 5.49. The summed E-state index contributed by atoms with van der Waals surface area (Å²) in [6.07, 6.45) is 4.57. The lowest BCUT2D eigenvalue weighted by Crippen LogP contribution is -2.55. The van der Waals surface area contributed by atoms with Gasteiger partial charge in [0.25, 0.3) is 0 Å². The molecule has 7 amide bonds. The smallest absolute Gasteiger partial charge is 0.243 e. The third-order valence-electron chi connectivity index (χ3n) is 7.58. The highest BCUT2D eigenvalue weighted by Gasteiger charge is 2.35. The van der Waals surface area contributed by atoms with E-state index in [1.807, 2.05) is 27.7 Å². The number of rotatable bonds is 22. The van der Waals surface area contributed by atoms with Crippen molar-refractivity contribution in [3.63, 3.8) is 0 Å². The van der Waals surface area contributed by atoms with Gasteiger partial charge >= 0.3 is 0 Å². The fourth-order valence-corrected chi connectivity index (χ4v) is 5.14. The molecule has 1 rings (SSSR count). The molecular weight excluding hydrogens is 612 g/mol. The Morgan fingerprint density at radius 2 is 1.45 bits per heavy atom. The Morgan fingerprint density at radius 1 is 0.809 bits per heavy atom. The Morgan fingerprint density at radius 3 is 2.04 bits per heavy atom. The zero-order valence-electron chi connectivity index (χ0n) is 28.3. The SMILES string of the molecule is CC(C)C[C@H](NC=O)C(=O)NCC(=O)N[C@@H](CC(C)C)C(=O)N[C@@H](C)C(=O)NCC(=O)N1CCC[C@H]1C(=O)N[C@H](C=O)CCCCN. The van der Waals surface area contributed by atoms with Crippen LogP contribution in [0.15, 0.2) is 0 Å². The lowest BCUT2D eigenvalue weighted by Gasteiger charge is -2.26. The van der Waals surface area contributed by atoms with Gasteiger partial charge in [-0.2, -0.15) is 0 Å². The minimum absolute atomic E-state index is 0.00651. The summed E-state index contributed by atoms with van der Waals surface area (Å²) in [6, 6.07) is -4.31. The van der Waals surface area contributed by atoms with Crippen molar-refractivity contribution in [2.75, 3.05) is 26.2 Å². The van der Waals surface area contributed by atoms with Gasteiger partial charge in [-0.25, -0.2) is 0 Å². The van der Waals surface area contributed by atoms with E-state index in [2.05, 4.69) is 31.9 Å². The first kappa shape index (κ1) is 40.9. The van der Waals surface area contributed by atoms with Crippen LogP contribution in [0.1, 0.15) is 79.6 Å². The number of aldehydes is 1. The van der Waals surface area contributed by atoms with Gasteiger partial charge in [0.15, 0.2) is 0 Å². The van der Waals surface area contributed by atoms with Crippen LogP contribution in [0.2, 0.25) is 0 Å². The number of amides is 7. The third kappa shape index (κ3) is 15.4. The van der Waals surface area contributed by atoms with Crippen LogP contribution in [0.3, 0.4) is 0 Å². The summed E-state index contributed by atoms with van der Waals surface area (Å²) in [5, 5.41) is 15.2. The summed E-state index contributed by atoms with van der Waals surface area (Å²) in [6.45, 7) is 8.88. The maximum absolute atomic E-state index is 13.1. The van der Waals surface area contributed by atoms with E-state index in [9.17, 15) is 38.4 Å². The number of carbonyl (C=O) groups excluding carboxylic acids is 8. The Kier molecular flexibility index (Phi) is 18.9. The van der Waals surface area contributed by atoms with E-state index in [0.717, 1.165) is 6.42 Å². The van der Waals surface area contributed by atoms with Crippen molar-refractivity contribution in [1.82, 2.24) is 36.8 Å². The van der Waals surface area contributed by atoms with Gasteiger partial charge < -0.3 is 47.3 Å². The average Bonchev–Trinajstić information content (AvgIpc) is 3.51. The van der Waals surface area contributed by atoms with Crippen LogP contribution in [0, 0.1) is 11.8 Å². The predicted octanol–water partition coefficient (Wildman–Crippen LogP) is -1.78. The zero-order chi connectivity index (χ0) is 35.5. The number of carbonyl (C=O) groups is 8. The van der Waals surface area contributed by atoms with Crippen LogP contribution in [-0.4, -0.2) is 109 Å². The van der Waals surface area contributed by atoms with Crippen molar-refractivity contribution in [1.29, 1.82) is 0 Å². The molecule has 0 aromatic carbocycles. The molecule has 266 valence electrons. The predicted molar refractivity (Wildman–Crippen MR) is 173 cm³/mol. The molecule has 16 heteroatoms. The van der Waals surface area contributed by atoms with Crippen LogP contribution in [0.25, 0.3) is 0 Å². The zero-order valence-corrected chi connectivity index (χ0v) is 28.3. The van der Waals surface area contributed by atoms with E-state index >= 15 is 0 Å². The van der Waals surface area contributed by atoms with E-state index in [1.165, 1.54) is 11.8 Å². The molecule has 8 N–H and O–H groups in total. The van der Waals surface area contributed by atoms with Gasteiger partial charge in [-0.05, 0) is 70.3 Å². The first-order chi connectivity index (χ1) is 22.2. The van der Waals surface area contributed by atoms with Crippen LogP contribution in [-0.2, 0) is 38.4 Å². The van der Waals surface area contributed by atoms with Gasteiger partial charge in [0.05, 0.1) is 19.1 Å². The molecule has 5 atom stereocenters. The van der Waals surface area contributed by atoms with Crippen molar-refractivity contribution in [2.45, 2.75) is 110 Å². The number of nitrogens with one attached hydrogen (secondary N) is 6. The number of nitrogens with zero attached hydrogens (tertiary/aromatic N) is 1. The van der Waals surface area contributed by atoms with Crippen LogP contribution in [0.5, 0.6) is 0 Å². The molecular formula is C31H54N8O8. The fraction of sp³-hybridized carbons (Fsp3) is 0.742. The molecule has 16 nitrogen and oxygen atoms in total. The molecule has 0 bridgehead atoms. The molecule has 0 saturated carbocycles. The van der Waals surface area contributed by atoms with Crippen molar-refractivity contribution in [2.24, 2.45) is 17.6 Å². The second kappa shape index (κ2) is 21.7. The normalized spacial score (nSPS) is 16.8. The van der Waals surface area contributed by atoms with Crippen molar-refractivity contribution in [3.8, 4) is 0 Å². The summed E-state index contributed by atoms with van der Waals surface area (Å²) in [4.78, 5) is 100. The fourth-order valence-electron chi connectivity index (χ4n) is 5.14. The quantitative estimate of drug-likeness (QED) is 0.0510. The van der Waals surface area contributed by atoms with E-state index in [1.54, 1.807) is 0 Å². The average molecular weight is 667 g/mol. The van der Waals surface area contributed by atoms with Crippen molar-refractivity contribution >= 4 is 48.1 Å². The van der Waals surface area contributed by atoms with Gasteiger partial charge in [0, 0.05) is 6.54 Å². The highest BCUT2D eigenvalue weighted by atomic mass is 16.2. The standard InChI is InChI=1S/C31H54N8O8/c1-19(2)13-23(35-18-41)29(45)33-15-26(42)38-24(14-20(3)4)30(46)36-21(5)28(44)34-16-27(43)39-12-8-10-25(39)31(47)37-22(17-40)9-6-7-11-32/h17-25H,6-16,32H2,1-5H3,(H,33,45)(H,34,44)(H,35,41)(H,36,46)(H,37,47)(H,38,42)/t21-,22-,23-,24-,25-/m0/s1. The molecule has 0 unspecified atom stereocenters. The number of unbranched alkanes of at least 4 members (excludes halogenated alkanes) is 1. The summed E-state index contributed by atoms with van der Waals surface area (Å²) in [7, 11) is 0. The monoisotopic (exact) mass is 666 g/mol. The summed E-state index contributed by atoms with van der Waals surface area (Å²) in [5.74, 6) is -3.23. The summed E-state index contributed by atoms with van der Waals surface area (Å²) >= 11 is 0. The van der Waals surface area contributed by atoms with Gasteiger partial charge in [-0.15, -0.1) is 0 Å². The summed E-state index contributed by atoms with van der Waals surface area (Å²) < 4.78 is 0. The number of hydrogen-bond acceptors (Lipinski definition) is 9. The van der Waals surface area contributed by atoms with E-state index in [0.29, 0.717) is 57.9 Å². The highest BCUT2D eigenvalue weighted by molar-refractivity contribution is 5.95. The number of nitrogens with two attached hydrogens (primary N) is 1. The van der Waals surface area contributed by atoms with E-state index < -0.39 is 78.7 Å². The van der Waals surface area contributed by atoms with Crippen molar-refractivity contribution < 1.29 is 38.4 Å². The molecule has 0 aromatic rings. The molecule has 1 aliphatic heterocycles. The lowest BCUT2D eigenvalue weighted by molar-refractivity contribution is -0.139. The van der Waals surface area contributed by atoms with Gasteiger partial charge in [-0.3, -0.25) is 33.6 Å². The molecule has 47 heavy (non-hydrogen) atoms. The van der Waals surface area contributed by atoms with Gasteiger partial charge in [0.1, 0.15) is 30.5 Å². The molecule has 1 fully saturated rings. The Balaban J connectivity index is 2.68. The molecule has 0 spiro atoms. The Hall–Kier alpha value is -4.08. The number of hydrogen-bond donors (Lipinski definition) is 7. The second-order valence-corrected chi connectivity index (χ2v) is 12.7.